The van der Waals surface area contributed by atoms with Gasteiger partial charge in [0.25, 0.3) is 0 Å². The number of rotatable bonds is 7. The number of benzene rings is 1. The van der Waals surface area contributed by atoms with Gasteiger partial charge in [-0.1, -0.05) is 0 Å². The molecule has 2 N–H and O–H groups in total. The lowest BCUT2D eigenvalue weighted by Gasteiger charge is -2.15. The van der Waals surface area contributed by atoms with Gasteiger partial charge in [-0.25, -0.2) is 0 Å². The number of nitrogens with one attached hydrogen (secondary N) is 2. The first-order valence-electron chi connectivity index (χ1n) is 8.04. The van der Waals surface area contributed by atoms with Gasteiger partial charge in [0.1, 0.15) is 11.5 Å². The number of aliphatic imine (C=N–C) groups is 1. The molecule has 0 spiro atoms. The minimum atomic E-state index is 0. The molecular weight excluding hydrogens is 437 g/mol. The molecule has 1 saturated heterocycles. The molecule has 0 aliphatic carbocycles. The van der Waals surface area contributed by atoms with Gasteiger partial charge in [0, 0.05) is 25.4 Å². The van der Waals surface area contributed by atoms with Gasteiger partial charge in [-0.05, 0) is 48.8 Å². The SMILES string of the molecule is CN=C(NCCc1cc(OC)ccc1OC)NCC1CCCS1.I. The summed E-state index contributed by atoms with van der Waals surface area (Å²) in [5, 5.41) is 7.49. The van der Waals surface area contributed by atoms with Crippen LogP contribution in [0.3, 0.4) is 0 Å². The van der Waals surface area contributed by atoms with Crippen LogP contribution in [0.5, 0.6) is 11.5 Å². The van der Waals surface area contributed by atoms with Gasteiger partial charge in [0.15, 0.2) is 5.96 Å². The van der Waals surface area contributed by atoms with E-state index >= 15 is 0 Å². The molecule has 1 aliphatic heterocycles. The lowest BCUT2D eigenvalue weighted by atomic mass is 10.1. The molecule has 136 valence electrons. The van der Waals surface area contributed by atoms with Crippen molar-refractivity contribution in [2.75, 3.05) is 40.1 Å². The minimum Gasteiger partial charge on any atom is -0.497 e. The molecule has 1 aliphatic rings. The Morgan fingerprint density at radius 3 is 2.75 bits per heavy atom. The van der Waals surface area contributed by atoms with E-state index in [0.29, 0.717) is 5.25 Å². The second kappa shape index (κ2) is 11.7. The summed E-state index contributed by atoms with van der Waals surface area (Å²) in [6.07, 6.45) is 3.48. The third kappa shape index (κ3) is 6.58. The third-order valence-electron chi connectivity index (χ3n) is 3.92. The maximum Gasteiger partial charge on any atom is 0.191 e. The van der Waals surface area contributed by atoms with Crippen molar-refractivity contribution < 1.29 is 9.47 Å². The van der Waals surface area contributed by atoms with E-state index < -0.39 is 0 Å². The minimum absolute atomic E-state index is 0. The number of guanidine groups is 1. The van der Waals surface area contributed by atoms with E-state index in [-0.39, 0.29) is 24.0 Å². The molecule has 0 saturated carbocycles. The summed E-state index contributed by atoms with van der Waals surface area (Å²) in [7, 11) is 5.18. The predicted octanol–water partition coefficient (Wildman–Crippen LogP) is 2.92. The molecule has 5 nitrogen and oxygen atoms in total. The van der Waals surface area contributed by atoms with Crippen LogP contribution in [0.1, 0.15) is 18.4 Å². The van der Waals surface area contributed by atoms with Crippen LogP contribution in [-0.4, -0.2) is 51.3 Å². The molecule has 2 rings (SSSR count). The summed E-state index contributed by atoms with van der Waals surface area (Å²) in [5.74, 6) is 3.88. The van der Waals surface area contributed by atoms with E-state index in [9.17, 15) is 0 Å². The van der Waals surface area contributed by atoms with E-state index in [1.54, 1.807) is 14.2 Å². The Bertz CT molecular complexity index is 523. The van der Waals surface area contributed by atoms with E-state index in [0.717, 1.165) is 42.5 Å². The van der Waals surface area contributed by atoms with Crippen molar-refractivity contribution in [2.45, 2.75) is 24.5 Å². The smallest absolute Gasteiger partial charge is 0.191 e. The van der Waals surface area contributed by atoms with Crippen molar-refractivity contribution in [3.05, 3.63) is 23.8 Å². The molecule has 24 heavy (non-hydrogen) atoms. The van der Waals surface area contributed by atoms with Crippen LogP contribution in [0.25, 0.3) is 0 Å². The van der Waals surface area contributed by atoms with Crippen molar-refractivity contribution in [3.8, 4) is 11.5 Å². The summed E-state index contributed by atoms with van der Waals surface area (Å²) in [5.41, 5.74) is 1.13. The summed E-state index contributed by atoms with van der Waals surface area (Å²) < 4.78 is 10.7. The monoisotopic (exact) mass is 465 g/mol. The molecule has 1 heterocycles. The van der Waals surface area contributed by atoms with Crippen molar-refractivity contribution >= 4 is 41.7 Å². The topological polar surface area (TPSA) is 54.9 Å². The average Bonchev–Trinajstić information content (AvgIpc) is 3.11. The van der Waals surface area contributed by atoms with Gasteiger partial charge in [-0.15, -0.1) is 24.0 Å². The quantitative estimate of drug-likeness (QED) is 0.369. The van der Waals surface area contributed by atoms with Crippen LogP contribution >= 0.6 is 35.7 Å². The Labute approximate surface area is 166 Å². The zero-order valence-corrected chi connectivity index (χ0v) is 17.8. The first kappa shape index (κ1) is 21.2. The molecule has 0 radical (unpaired) electrons. The summed E-state index contributed by atoms with van der Waals surface area (Å²) in [6, 6.07) is 5.87. The molecule has 0 bridgehead atoms. The molecule has 1 fully saturated rings. The van der Waals surface area contributed by atoms with Gasteiger partial charge in [0.2, 0.25) is 0 Å². The Morgan fingerprint density at radius 1 is 1.29 bits per heavy atom. The fourth-order valence-electron chi connectivity index (χ4n) is 2.63. The number of methoxy groups -OCH3 is 2. The van der Waals surface area contributed by atoms with Crippen LogP contribution in [0.4, 0.5) is 0 Å². The number of thioether (sulfide) groups is 1. The molecule has 1 aromatic rings. The second-order valence-corrected chi connectivity index (χ2v) is 6.85. The second-order valence-electron chi connectivity index (χ2n) is 5.44. The Balaban J connectivity index is 0.00000288. The van der Waals surface area contributed by atoms with Crippen molar-refractivity contribution in [2.24, 2.45) is 4.99 Å². The van der Waals surface area contributed by atoms with Crippen LogP contribution in [0, 0.1) is 0 Å². The highest BCUT2D eigenvalue weighted by atomic mass is 127. The Kier molecular flexibility index (Phi) is 10.3. The highest BCUT2D eigenvalue weighted by Crippen LogP contribution is 2.25. The zero-order chi connectivity index (χ0) is 16.5. The van der Waals surface area contributed by atoms with E-state index in [4.69, 9.17) is 9.47 Å². The van der Waals surface area contributed by atoms with Gasteiger partial charge >= 0.3 is 0 Å². The fourth-order valence-corrected chi connectivity index (χ4v) is 3.83. The number of halogens is 1. The molecule has 7 heteroatoms. The largest absolute Gasteiger partial charge is 0.497 e. The van der Waals surface area contributed by atoms with Crippen molar-refractivity contribution in [1.29, 1.82) is 0 Å². The highest BCUT2D eigenvalue weighted by molar-refractivity contribution is 14.0. The molecule has 1 aromatic carbocycles. The first-order chi connectivity index (χ1) is 11.3. The number of nitrogens with zero attached hydrogens (tertiary/aromatic N) is 1. The Morgan fingerprint density at radius 2 is 2.12 bits per heavy atom. The van der Waals surface area contributed by atoms with E-state index in [2.05, 4.69) is 15.6 Å². The number of hydrogen-bond acceptors (Lipinski definition) is 4. The third-order valence-corrected chi connectivity index (χ3v) is 5.32. The highest BCUT2D eigenvalue weighted by Gasteiger charge is 2.15. The van der Waals surface area contributed by atoms with E-state index in [1.807, 2.05) is 37.0 Å². The summed E-state index contributed by atoms with van der Waals surface area (Å²) in [6.45, 7) is 1.77. The zero-order valence-electron chi connectivity index (χ0n) is 14.6. The van der Waals surface area contributed by atoms with Crippen LogP contribution in [0.2, 0.25) is 0 Å². The molecule has 1 unspecified atom stereocenters. The van der Waals surface area contributed by atoms with Gasteiger partial charge in [0.05, 0.1) is 14.2 Å². The van der Waals surface area contributed by atoms with Gasteiger partial charge in [-0.2, -0.15) is 11.8 Å². The number of ether oxygens (including phenoxy) is 2. The lowest BCUT2D eigenvalue weighted by molar-refractivity contribution is 0.398. The Hall–Kier alpha value is -0.830. The van der Waals surface area contributed by atoms with Crippen LogP contribution < -0.4 is 20.1 Å². The van der Waals surface area contributed by atoms with Crippen LogP contribution in [-0.2, 0) is 6.42 Å². The standard InChI is InChI=1S/C17H27N3O2S.HI/c1-18-17(20-12-15-5-4-10-23-15)19-9-8-13-11-14(21-2)6-7-16(13)22-3;/h6-7,11,15H,4-5,8-10,12H2,1-3H3,(H2,18,19,20);1H. The van der Waals surface area contributed by atoms with E-state index in [1.165, 1.54) is 18.6 Å². The fraction of sp³-hybridized carbons (Fsp3) is 0.588. The molecule has 1 atom stereocenters. The molecule has 0 amide bonds. The lowest BCUT2D eigenvalue weighted by Crippen LogP contribution is -2.40. The average molecular weight is 465 g/mol. The maximum absolute atomic E-state index is 5.41. The maximum atomic E-state index is 5.41. The van der Waals surface area contributed by atoms with Crippen molar-refractivity contribution in [3.63, 3.8) is 0 Å². The normalized spacial score (nSPS) is 17.1. The predicted molar refractivity (Wildman–Crippen MR) is 114 cm³/mol. The first-order valence-corrected chi connectivity index (χ1v) is 9.08. The number of hydrogen-bond donors (Lipinski definition) is 2. The van der Waals surface area contributed by atoms with Crippen molar-refractivity contribution in [1.82, 2.24) is 10.6 Å². The van der Waals surface area contributed by atoms with Gasteiger partial charge < -0.3 is 20.1 Å². The molecular formula is C17H28IN3O2S. The summed E-state index contributed by atoms with van der Waals surface area (Å²) >= 11 is 2.05. The molecule has 0 aromatic heterocycles. The van der Waals surface area contributed by atoms with Crippen LogP contribution in [0.15, 0.2) is 23.2 Å². The summed E-state index contributed by atoms with van der Waals surface area (Å²) in [4.78, 5) is 4.29. The van der Waals surface area contributed by atoms with Gasteiger partial charge in [-0.3, -0.25) is 4.99 Å².